The van der Waals surface area contributed by atoms with Crippen LogP contribution in [0.2, 0.25) is 0 Å². The molecule has 1 atom stereocenters. The van der Waals surface area contributed by atoms with E-state index in [1.165, 1.54) is 0 Å². The number of halogens is 1. The van der Waals surface area contributed by atoms with E-state index in [4.69, 9.17) is 16.6 Å². The Labute approximate surface area is 96.5 Å². The zero-order chi connectivity index (χ0) is 11.0. The number of nitrogens with zero attached hydrogens (tertiary/aromatic N) is 1. The molecule has 1 unspecified atom stereocenters. The Bertz CT molecular complexity index is 184. The second kappa shape index (κ2) is 9.92. The predicted octanol–water partition coefficient (Wildman–Crippen LogP) is -0.343. The molecule has 0 amide bonds. The summed E-state index contributed by atoms with van der Waals surface area (Å²) in [6.45, 7) is 5.48. The molecule has 0 aliphatic rings. The van der Waals surface area contributed by atoms with Crippen LogP contribution in [0.3, 0.4) is 0 Å². The van der Waals surface area contributed by atoms with Crippen molar-refractivity contribution < 1.29 is 9.90 Å². The fourth-order valence-electron chi connectivity index (χ4n) is 1.32. The molecule has 0 radical (unpaired) electrons. The molecular formula is C9H20ClN3O2. The van der Waals surface area contributed by atoms with Gasteiger partial charge in [-0.2, -0.15) is 0 Å². The SMILES string of the molecule is C=CCC(C(=O)O)N(CCN)CCN.Cl. The smallest absolute Gasteiger partial charge is 0.321 e. The van der Waals surface area contributed by atoms with Crippen molar-refractivity contribution in [3.05, 3.63) is 12.7 Å². The highest BCUT2D eigenvalue weighted by Gasteiger charge is 2.22. The number of aliphatic carboxylic acids is 1. The first kappa shape index (κ1) is 16.8. The molecule has 0 bridgehead atoms. The van der Waals surface area contributed by atoms with Gasteiger partial charge in [-0.05, 0) is 6.42 Å². The molecule has 0 aromatic rings. The lowest BCUT2D eigenvalue weighted by atomic mass is 10.1. The molecular weight excluding hydrogens is 218 g/mol. The Kier molecular flexibility index (Phi) is 11.1. The van der Waals surface area contributed by atoms with Gasteiger partial charge < -0.3 is 16.6 Å². The number of nitrogens with two attached hydrogens (primary N) is 2. The van der Waals surface area contributed by atoms with Gasteiger partial charge in [0.15, 0.2) is 0 Å². The maximum absolute atomic E-state index is 10.9. The van der Waals surface area contributed by atoms with E-state index in [-0.39, 0.29) is 12.4 Å². The monoisotopic (exact) mass is 237 g/mol. The third kappa shape index (κ3) is 6.46. The largest absolute Gasteiger partial charge is 0.480 e. The molecule has 5 N–H and O–H groups in total. The Balaban J connectivity index is 0. The quantitative estimate of drug-likeness (QED) is 0.502. The first-order valence-corrected chi connectivity index (χ1v) is 4.65. The molecule has 0 rings (SSSR count). The predicted molar refractivity (Wildman–Crippen MR) is 63.2 cm³/mol. The molecule has 5 nitrogen and oxygen atoms in total. The topological polar surface area (TPSA) is 92.6 Å². The summed E-state index contributed by atoms with van der Waals surface area (Å²) >= 11 is 0. The molecule has 90 valence electrons. The van der Waals surface area contributed by atoms with Gasteiger partial charge in [-0.15, -0.1) is 19.0 Å². The van der Waals surface area contributed by atoms with Gasteiger partial charge >= 0.3 is 5.97 Å². The summed E-state index contributed by atoms with van der Waals surface area (Å²) in [5.74, 6) is -0.855. The van der Waals surface area contributed by atoms with E-state index in [0.717, 1.165) is 0 Å². The van der Waals surface area contributed by atoms with Crippen molar-refractivity contribution in [2.24, 2.45) is 11.5 Å². The molecule has 15 heavy (non-hydrogen) atoms. The van der Waals surface area contributed by atoms with E-state index in [1.807, 2.05) is 0 Å². The standard InChI is InChI=1S/C9H19N3O2.ClH/c1-2-3-8(9(13)14)12(6-4-10)7-5-11;/h2,8H,1,3-7,10-11H2,(H,13,14);1H. The Morgan fingerprint density at radius 1 is 1.40 bits per heavy atom. The highest BCUT2D eigenvalue weighted by Crippen LogP contribution is 2.04. The van der Waals surface area contributed by atoms with Crippen LogP contribution in [0.25, 0.3) is 0 Å². The lowest BCUT2D eigenvalue weighted by Gasteiger charge is -2.26. The Hall–Kier alpha value is -0.620. The molecule has 0 fully saturated rings. The summed E-state index contributed by atoms with van der Waals surface area (Å²) in [7, 11) is 0. The second-order valence-electron chi connectivity index (χ2n) is 2.99. The Morgan fingerprint density at radius 3 is 2.13 bits per heavy atom. The van der Waals surface area contributed by atoms with E-state index in [1.54, 1.807) is 11.0 Å². The van der Waals surface area contributed by atoms with Gasteiger partial charge in [0.2, 0.25) is 0 Å². The van der Waals surface area contributed by atoms with E-state index < -0.39 is 12.0 Å². The van der Waals surface area contributed by atoms with Gasteiger partial charge in [-0.25, -0.2) is 0 Å². The van der Waals surface area contributed by atoms with Crippen molar-refractivity contribution >= 4 is 18.4 Å². The Morgan fingerprint density at radius 2 is 1.87 bits per heavy atom. The van der Waals surface area contributed by atoms with Crippen LogP contribution < -0.4 is 11.5 Å². The molecule has 0 heterocycles. The fraction of sp³-hybridized carbons (Fsp3) is 0.667. The van der Waals surface area contributed by atoms with Gasteiger partial charge in [0, 0.05) is 26.2 Å². The molecule has 0 saturated heterocycles. The van der Waals surface area contributed by atoms with Crippen molar-refractivity contribution in [1.82, 2.24) is 4.90 Å². The summed E-state index contributed by atoms with van der Waals surface area (Å²) in [5, 5.41) is 8.96. The van der Waals surface area contributed by atoms with Crippen molar-refractivity contribution in [1.29, 1.82) is 0 Å². The van der Waals surface area contributed by atoms with Gasteiger partial charge in [-0.3, -0.25) is 9.69 Å². The van der Waals surface area contributed by atoms with Crippen LogP contribution in [0.5, 0.6) is 0 Å². The van der Waals surface area contributed by atoms with Crippen molar-refractivity contribution in [2.75, 3.05) is 26.2 Å². The van der Waals surface area contributed by atoms with Crippen molar-refractivity contribution in [3.8, 4) is 0 Å². The highest BCUT2D eigenvalue weighted by atomic mass is 35.5. The van der Waals surface area contributed by atoms with Crippen molar-refractivity contribution in [3.63, 3.8) is 0 Å². The maximum atomic E-state index is 10.9. The minimum atomic E-state index is -0.855. The average Bonchev–Trinajstić information content (AvgIpc) is 2.13. The van der Waals surface area contributed by atoms with E-state index in [0.29, 0.717) is 32.6 Å². The van der Waals surface area contributed by atoms with Crippen LogP contribution in [-0.4, -0.2) is 48.2 Å². The first-order chi connectivity index (χ1) is 6.67. The van der Waals surface area contributed by atoms with Gasteiger partial charge in [0.1, 0.15) is 6.04 Å². The third-order valence-corrected chi connectivity index (χ3v) is 1.95. The fourth-order valence-corrected chi connectivity index (χ4v) is 1.32. The van der Waals surface area contributed by atoms with E-state index >= 15 is 0 Å². The van der Waals surface area contributed by atoms with E-state index in [2.05, 4.69) is 6.58 Å². The lowest BCUT2D eigenvalue weighted by molar-refractivity contribution is -0.143. The second-order valence-corrected chi connectivity index (χ2v) is 2.99. The molecule has 0 aromatic carbocycles. The average molecular weight is 238 g/mol. The molecule has 0 spiro atoms. The maximum Gasteiger partial charge on any atom is 0.321 e. The molecule has 6 heteroatoms. The minimum Gasteiger partial charge on any atom is -0.480 e. The van der Waals surface area contributed by atoms with Crippen LogP contribution in [0, 0.1) is 0 Å². The molecule has 0 aromatic heterocycles. The summed E-state index contributed by atoms with van der Waals surface area (Å²) in [5.41, 5.74) is 10.8. The summed E-state index contributed by atoms with van der Waals surface area (Å²) in [6, 6.07) is -0.556. The first-order valence-electron chi connectivity index (χ1n) is 4.65. The summed E-state index contributed by atoms with van der Waals surface area (Å²) < 4.78 is 0. The van der Waals surface area contributed by atoms with Gasteiger partial charge in [-0.1, -0.05) is 6.08 Å². The zero-order valence-electron chi connectivity index (χ0n) is 8.76. The summed E-state index contributed by atoms with van der Waals surface area (Å²) in [6.07, 6.45) is 2.01. The lowest BCUT2D eigenvalue weighted by Crippen LogP contribution is -2.45. The molecule has 0 aliphatic carbocycles. The number of hydrogen-bond acceptors (Lipinski definition) is 4. The van der Waals surface area contributed by atoms with Crippen LogP contribution >= 0.6 is 12.4 Å². The van der Waals surface area contributed by atoms with Crippen LogP contribution in [0.4, 0.5) is 0 Å². The number of hydrogen-bond donors (Lipinski definition) is 3. The minimum absolute atomic E-state index is 0. The van der Waals surface area contributed by atoms with Crippen LogP contribution in [0.1, 0.15) is 6.42 Å². The number of rotatable bonds is 8. The van der Waals surface area contributed by atoms with E-state index in [9.17, 15) is 4.79 Å². The van der Waals surface area contributed by atoms with Gasteiger partial charge in [0.05, 0.1) is 0 Å². The third-order valence-electron chi connectivity index (χ3n) is 1.95. The molecule has 0 aliphatic heterocycles. The zero-order valence-corrected chi connectivity index (χ0v) is 9.58. The number of carboxylic acids is 1. The van der Waals surface area contributed by atoms with Crippen LogP contribution in [0.15, 0.2) is 12.7 Å². The highest BCUT2D eigenvalue weighted by molar-refractivity contribution is 5.85. The number of carboxylic acid groups (broad SMARTS) is 1. The van der Waals surface area contributed by atoms with Crippen LogP contribution in [-0.2, 0) is 4.79 Å². The van der Waals surface area contributed by atoms with Crippen molar-refractivity contribution in [2.45, 2.75) is 12.5 Å². The number of carbonyl (C=O) groups is 1. The molecule has 0 saturated carbocycles. The van der Waals surface area contributed by atoms with Gasteiger partial charge in [0.25, 0.3) is 0 Å². The normalized spacial score (nSPS) is 11.9. The summed E-state index contributed by atoms with van der Waals surface area (Å²) in [4.78, 5) is 12.7.